The largest absolute Gasteiger partial charge is 0.622 e. The van der Waals surface area contributed by atoms with Crippen molar-refractivity contribution in [3.05, 3.63) is 52.4 Å². The number of hydrogen-bond donors (Lipinski definition) is 1. The molecule has 0 radical (unpaired) electrons. The van der Waals surface area contributed by atoms with E-state index >= 15 is 0 Å². The zero-order valence-corrected chi connectivity index (χ0v) is 13.4. The van der Waals surface area contributed by atoms with E-state index in [0.717, 1.165) is 12.3 Å². The highest BCUT2D eigenvalue weighted by atomic mass is 16.5. The number of ether oxygens (including phenoxy) is 1. The highest BCUT2D eigenvalue weighted by Gasteiger charge is 2.36. The third-order valence-corrected chi connectivity index (χ3v) is 3.66. The lowest BCUT2D eigenvalue weighted by molar-refractivity contribution is -0.138. The van der Waals surface area contributed by atoms with Crippen LogP contribution in [0.15, 0.2) is 36.0 Å². The van der Waals surface area contributed by atoms with Gasteiger partial charge in [-0.1, -0.05) is 0 Å². The Morgan fingerprint density at radius 2 is 2.04 bits per heavy atom. The Hall–Kier alpha value is -2.77. The summed E-state index contributed by atoms with van der Waals surface area (Å²) in [5, 5.41) is 13.0. The Morgan fingerprint density at radius 3 is 2.62 bits per heavy atom. The molecule has 0 aliphatic carbocycles. The van der Waals surface area contributed by atoms with Gasteiger partial charge >= 0.3 is 5.97 Å². The quantitative estimate of drug-likeness (QED) is 0.290. The Kier molecular flexibility index (Phi) is 4.96. The van der Waals surface area contributed by atoms with Crippen molar-refractivity contribution < 1.29 is 19.1 Å². The summed E-state index contributed by atoms with van der Waals surface area (Å²) < 4.78 is 3.93. The molecule has 0 saturated heterocycles. The van der Waals surface area contributed by atoms with Gasteiger partial charge in [-0.2, -0.15) is 0 Å². The molecule has 1 atom stereocenters. The second-order valence-corrected chi connectivity index (χ2v) is 5.22. The van der Waals surface area contributed by atoms with E-state index in [1.54, 1.807) is 19.9 Å². The fourth-order valence-corrected chi connectivity index (χ4v) is 2.45. The molecule has 0 saturated carbocycles. The molecular formula is C17H18N2O5. The van der Waals surface area contributed by atoms with Gasteiger partial charge in [0, 0.05) is 12.1 Å². The maximum Gasteiger partial charge on any atom is 0.347 e. The lowest BCUT2D eigenvalue weighted by atomic mass is 9.95. The number of hydroxylamine groups is 2. The molecule has 1 aliphatic rings. The Morgan fingerprint density at radius 1 is 1.33 bits per heavy atom. The van der Waals surface area contributed by atoms with E-state index in [-0.39, 0.29) is 30.0 Å². The first-order valence-corrected chi connectivity index (χ1v) is 7.48. The van der Waals surface area contributed by atoms with Crippen molar-refractivity contribution in [2.24, 2.45) is 5.73 Å². The van der Waals surface area contributed by atoms with Gasteiger partial charge in [0.25, 0.3) is 0 Å². The maximum atomic E-state index is 13.0. The Labute approximate surface area is 139 Å². The highest BCUT2D eigenvalue weighted by molar-refractivity contribution is 6.27. The van der Waals surface area contributed by atoms with Crippen LogP contribution in [-0.4, -0.2) is 30.8 Å². The van der Waals surface area contributed by atoms with Crippen molar-refractivity contribution in [3.63, 3.8) is 0 Å². The smallest absolute Gasteiger partial charge is 0.347 e. The summed E-state index contributed by atoms with van der Waals surface area (Å²) in [4.78, 5) is 35.4. The van der Waals surface area contributed by atoms with Crippen molar-refractivity contribution >= 4 is 29.4 Å². The molecule has 2 rings (SSSR count). The van der Waals surface area contributed by atoms with E-state index in [4.69, 9.17) is 10.5 Å². The molecular weight excluding hydrogens is 312 g/mol. The van der Waals surface area contributed by atoms with E-state index in [0.29, 0.717) is 5.56 Å². The average Bonchev–Trinajstić information content (AvgIpc) is 2.56. The number of amides is 1. The minimum absolute atomic E-state index is 0.0999. The van der Waals surface area contributed by atoms with Gasteiger partial charge in [-0.15, -0.1) is 0 Å². The van der Waals surface area contributed by atoms with Crippen molar-refractivity contribution in [3.8, 4) is 0 Å². The number of ketones is 1. The molecule has 1 aromatic carbocycles. The summed E-state index contributed by atoms with van der Waals surface area (Å²) in [5.41, 5.74) is 5.65. The first kappa shape index (κ1) is 17.6. The number of primary amides is 1. The lowest BCUT2D eigenvalue weighted by Crippen LogP contribution is -2.42. The second kappa shape index (κ2) is 6.77. The minimum Gasteiger partial charge on any atom is -0.622 e. The van der Waals surface area contributed by atoms with Crippen LogP contribution in [0.4, 0.5) is 5.69 Å². The zero-order valence-electron chi connectivity index (χ0n) is 13.4. The van der Waals surface area contributed by atoms with E-state index in [2.05, 4.69) is 0 Å². The molecule has 126 valence electrons. The van der Waals surface area contributed by atoms with Gasteiger partial charge in [-0.05, 0) is 37.6 Å². The molecule has 7 nitrogen and oxygen atoms in total. The number of fused-ring (bicyclic) bond motifs is 1. The number of benzene rings is 1. The van der Waals surface area contributed by atoms with Gasteiger partial charge in [-0.25, -0.2) is 4.79 Å². The topological polar surface area (TPSA) is 110 Å². The molecule has 1 aliphatic heterocycles. The number of carbonyl (C=O) groups excluding carboxylic acids is 3. The van der Waals surface area contributed by atoms with Gasteiger partial charge in [0.05, 0.1) is 18.7 Å². The summed E-state index contributed by atoms with van der Waals surface area (Å²) in [6.07, 6.45) is 3.67. The minimum atomic E-state index is -0.935. The molecule has 0 aromatic heterocycles. The van der Waals surface area contributed by atoms with Gasteiger partial charge in [0.1, 0.15) is 11.9 Å². The monoisotopic (exact) mass is 330 g/mol. The highest BCUT2D eigenvalue weighted by Crippen LogP contribution is 2.35. The molecule has 1 unspecified atom stereocenters. The van der Waals surface area contributed by atoms with Crippen LogP contribution >= 0.6 is 0 Å². The number of quaternary nitrogens is 1. The summed E-state index contributed by atoms with van der Waals surface area (Å²) in [6, 6.07) is 4.59. The van der Waals surface area contributed by atoms with Gasteiger partial charge in [0.15, 0.2) is 5.57 Å². The van der Waals surface area contributed by atoms with Crippen molar-refractivity contribution in [1.82, 2.24) is 4.65 Å². The fourth-order valence-electron chi connectivity index (χ4n) is 2.45. The van der Waals surface area contributed by atoms with Crippen molar-refractivity contribution in [2.45, 2.75) is 13.8 Å². The van der Waals surface area contributed by atoms with E-state index in [1.807, 2.05) is 0 Å². The number of carbonyl (C=O) groups is 3. The van der Waals surface area contributed by atoms with Crippen LogP contribution in [0.5, 0.6) is 0 Å². The zero-order chi connectivity index (χ0) is 17.9. The summed E-state index contributed by atoms with van der Waals surface area (Å²) in [6.45, 7) is 3.49. The van der Waals surface area contributed by atoms with Crippen LogP contribution in [0.3, 0.4) is 0 Å². The molecule has 0 fully saturated rings. The molecule has 1 heterocycles. The molecule has 2 N–H and O–H groups in total. The fraction of sp³-hybridized carbons (Fsp3) is 0.235. The van der Waals surface area contributed by atoms with Crippen molar-refractivity contribution in [2.75, 3.05) is 13.2 Å². The Balaban J connectivity index is 2.55. The Bertz CT molecular complexity index is 766. The SMILES string of the molecule is CCOC(=O)C1=C[N+]([O-])(CC)c2ccc(C=CC(N)=O)cc2C1=O. The lowest BCUT2D eigenvalue weighted by Gasteiger charge is -2.41. The van der Waals surface area contributed by atoms with Crippen LogP contribution in [-0.2, 0) is 14.3 Å². The number of nitrogens with zero attached hydrogens (tertiary/aromatic N) is 1. The maximum absolute atomic E-state index is 13.0. The third kappa shape index (κ3) is 3.27. The van der Waals surface area contributed by atoms with Crippen LogP contribution in [0.25, 0.3) is 6.08 Å². The van der Waals surface area contributed by atoms with Crippen LogP contribution < -0.4 is 10.4 Å². The predicted molar refractivity (Wildman–Crippen MR) is 89.4 cm³/mol. The number of hydrogen-bond acceptors (Lipinski definition) is 5. The molecule has 24 heavy (non-hydrogen) atoms. The molecule has 1 aromatic rings. The van der Waals surface area contributed by atoms with Crippen LogP contribution in [0.2, 0.25) is 0 Å². The summed E-state index contributed by atoms with van der Waals surface area (Å²) in [5.74, 6) is -2.03. The van der Waals surface area contributed by atoms with Crippen LogP contribution in [0.1, 0.15) is 29.8 Å². The van der Waals surface area contributed by atoms with E-state index in [1.165, 1.54) is 18.2 Å². The van der Waals surface area contributed by atoms with Crippen LogP contribution in [0, 0.1) is 5.21 Å². The molecule has 1 amide bonds. The number of nitrogens with two attached hydrogens (primary N) is 1. The number of Topliss-reactive ketones (excluding diaryl/α,β-unsaturated/α-hetero) is 1. The molecule has 0 bridgehead atoms. The first-order valence-electron chi connectivity index (χ1n) is 7.48. The van der Waals surface area contributed by atoms with Gasteiger partial charge in [0.2, 0.25) is 11.7 Å². The van der Waals surface area contributed by atoms with Gasteiger partial charge < -0.3 is 20.3 Å². The van der Waals surface area contributed by atoms with E-state index < -0.39 is 22.3 Å². The third-order valence-electron chi connectivity index (χ3n) is 3.66. The normalized spacial score (nSPS) is 19.8. The summed E-state index contributed by atoms with van der Waals surface area (Å²) >= 11 is 0. The van der Waals surface area contributed by atoms with E-state index in [9.17, 15) is 19.6 Å². The standard InChI is InChI=1S/C17H18N2O5/c1-3-19(23)10-13(17(22)24-4-2)16(21)12-9-11(5-7-14(12)19)6-8-15(18)20/h5-10H,3-4H2,1-2H3,(H2,18,20). The average molecular weight is 330 g/mol. The first-order chi connectivity index (χ1) is 11.3. The number of rotatable bonds is 5. The van der Waals surface area contributed by atoms with Gasteiger partial charge in [-0.3, -0.25) is 9.59 Å². The summed E-state index contributed by atoms with van der Waals surface area (Å²) in [7, 11) is 0. The predicted octanol–water partition coefficient (Wildman–Crippen LogP) is 1.65. The van der Waals surface area contributed by atoms with Crippen molar-refractivity contribution in [1.29, 1.82) is 0 Å². The number of esters is 1. The second-order valence-electron chi connectivity index (χ2n) is 5.22. The molecule has 7 heteroatoms. The molecule has 0 spiro atoms.